The molecule has 142 valence electrons. The summed E-state index contributed by atoms with van der Waals surface area (Å²) in [4.78, 5) is 29.2. The van der Waals surface area contributed by atoms with Crippen LogP contribution in [0, 0.1) is 0 Å². The van der Waals surface area contributed by atoms with Gasteiger partial charge in [-0.2, -0.15) is 0 Å². The van der Waals surface area contributed by atoms with Crippen LogP contribution in [0.5, 0.6) is 0 Å². The van der Waals surface area contributed by atoms with E-state index in [1.807, 2.05) is 29.2 Å². The lowest BCUT2D eigenvalue weighted by molar-refractivity contribution is 0.0793. The topological polar surface area (TPSA) is 52.7 Å². The third-order valence-corrected chi connectivity index (χ3v) is 5.02. The molecule has 0 atom stereocenters. The molecule has 3 rings (SSSR count). The summed E-state index contributed by atoms with van der Waals surface area (Å²) in [5.41, 5.74) is 2.94. The summed E-state index contributed by atoms with van der Waals surface area (Å²) in [5, 5.41) is 2.91. The van der Waals surface area contributed by atoms with Crippen LogP contribution in [0.3, 0.4) is 0 Å². The van der Waals surface area contributed by atoms with E-state index in [9.17, 15) is 9.59 Å². The number of nitrogens with zero attached hydrogens (tertiary/aromatic N) is 2. The van der Waals surface area contributed by atoms with E-state index in [0.717, 1.165) is 50.4 Å². The van der Waals surface area contributed by atoms with Crippen LogP contribution in [0.4, 0.5) is 11.4 Å². The van der Waals surface area contributed by atoms with Crippen molar-refractivity contribution in [3.63, 3.8) is 0 Å². The van der Waals surface area contributed by atoms with Crippen molar-refractivity contribution < 1.29 is 9.59 Å². The fourth-order valence-electron chi connectivity index (χ4n) is 3.44. The zero-order valence-corrected chi connectivity index (χ0v) is 16.1. The van der Waals surface area contributed by atoms with E-state index in [1.54, 1.807) is 24.3 Å². The molecule has 1 heterocycles. The molecule has 5 heteroatoms. The van der Waals surface area contributed by atoms with Gasteiger partial charge in [0.2, 0.25) is 0 Å². The van der Waals surface area contributed by atoms with Gasteiger partial charge in [-0.05, 0) is 69.2 Å². The van der Waals surface area contributed by atoms with E-state index in [1.165, 1.54) is 0 Å². The van der Waals surface area contributed by atoms with Gasteiger partial charge in [0.25, 0.3) is 11.8 Å². The zero-order valence-electron chi connectivity index (χ0n) is 16.1. The van der Waals surface area contributed by atoms with Gasteiger partial charge in [0.05, 0.1) is 0 Å². The van der Waals surface area contributed by atoms with Crippen LogP contribution in [-0.4, -0.2) is 42.9 Å². The lowest BCUT2D eigenvalue weighted by Gasteiger charge is -2.21. The van der Waals surface area contributed by atoms with Crippen molar-refractivity contribution in [3.8, 4) is 0 Å². The molecule has 1 N–H and O–H groups in total. The number of nitrogens with one attached hydrogen (secondary N) is 1. The van der Waals surface area contributed by atoms with Crippen LogP contribution in [0.2, 0.25) is 0 Å². The van der Waals surface area contributed by atoms with Gasteiger partial charge in [0.15, 0.2) is 0 Å². The lowest BCUT2D eigenvalue weighted by atomic mass is 10.1. The predicted molar refractivity (Wildman–Crippen MR) is 110 cm³/mol. The number of carbonyl (C=O) groups is 2. The number of likely N-dealkylation sites (tertiary alicyclic amines) is 1. The highest BCUT2D eigenvalue weighted by atomic mass is 16.2. The molecule has 0 spiro atoms. The summed E-state index contributed by atoms with van der Waals surface area (Å²) < 4.78 is 0. The standard InChI is InChI=1S/C22H27N3O2/c1-3-24(4-2)20-12-10-19(11-13-20)23-21(26)17-8-7-9-18(16-17)22(27)25-14-5-6-15-25/h7-13,16H,3-6,14-15H2,1-2H3,(H,23,26). The average molecular weight is 365 g/mol. The Morgan fingerprint density at radius 2 is 1.59 bits per heavy atom. The minimum Gasteiger partial charge on any atom is -0.372 e. The van der Waals surface area contributed by atoms with Gasteiger partial charge < -0.3 is 15.1 Å². The van der Waals surface area contributed by atoms with Gasteiger partial charge in [0, 0.05) is 48.7 Å². The van der Waals surface area contributed by atoms with Crippen molar-refractivity contribution in [2.24, 2.45) is 0 Å². The van der Waals surface area contributed by atoms with Crippen molar-refractivity contribution in [3.05, 3.63) is 59.7 Å². The van der Waals surface area contributed by atoms with Gasteiger partial charge in [-0.25, -0.2) is 0 Å². The highest BCUT2D eigenvalue weighted by molar-refractivity contribution is 6.06. The molecule has 5 nitrogen and oxygen atoms in total. The van der Waals surface area contributed by atoms with Crippen LogP contribution in [0.15, 0.2) is 48.5 Å². The second-order valence-electron chi connectivity index (χ2n) is 6.75. The van der Waals surface area contributed by atoms with E-state index >= 15 is 0 Å². The highest BCUT2D eigenvalue weighted by Crippen LogP contribution is 2.19. The summed E-state index contributed by atoms with van der Waals surface area (Å²) in [6.07, 6.45) is 2.10. The van der Waals surface area contributed by atoms with Gasteiger partial charge in [-0.3, -0.25) is 9.59 Å². The van der Waals surface area contributed by atoms with E-state index in [-0.39, 0.29) is 11.8 Å². The van der Waals surface area contributed by atoms with Crippen LogP contribution in [0.25, 0.3) is 0 Å². The van der Waals surface area contributed by atoms with Crippen molar-refractivity contribution in [2.75, 3.05) is 36.4 Å². The summed E-state index contributed by atoms with van der Waals surface area (Å²) in [6, 6.07) is 14.8. The second kappa shape index (κ2) is 8.71. The van der Waals surface area contributed by atoms with Crippen LogP contribution >= 0.6 is 0 Å². The van der Waals surface area contributed by atoms with Gasteiger partial charge in [-0.15, -0.1) is 0 Å². The molecule has 1 fully saturated rings. The van der Waals surface area contributed by atoms with Gasteiger partial charge >= 0.3 is 0 Å². The number of benzene rings is 2. The Morgan fingerprint density at radius 3 is 2.22 bits per heavy atom. The molecule has 2 aromatic carbocycles. The molecule has 0 bridgehead atoms. The number of carbonyl (C=O) groups excluding carboxylic acids is 2. The van der Waals surface area contributed by atoms with Crippen molar-refractivity contribution in [2.45, 2.75) is 26.7 Å². The molecule has 0 aromatic heterocycles. The number of hydrogen-bond acceptors (Lipinski definition) is 3. The number of anilines is 2. The number of hydrogen-bond donors (Lipinski definition) is 1. The van der Waals surface area contributed by atoms with E-state index < -0.39 is 0 Å². The zero-order chi connectivity index (χ0) is 19.2. The first-order chi connectivity index (χ1) is 13.1. The van der Waals surface area contributed by atoms with Gasteiger partial charge in [-0.1, -0.05) is 6.07 Å². The molecular formula is C22H27N3O2. The maximum absolute atomic E-state index is 12.6. The molecule has 27 heavy (non-hydrogen) atoms. The third-order valence-electron chi connectivity index (χ3n) is 5.02. The first kappa shape index (κ1) is 19.0. The highest BCUT2D eigenvalue weighted by Gasteiger charge is 2.20. The Hall–Kier alpha value is -2.82. The molecule has 1 saturated heterocycles. The molecule has 0 unspecified atom stereocenters. The maximum atomic E-state index is 12.6. The first-order valence-corrected chi connectivity index (χ1v) is 9.68. The van der Waals surface area contributed by atoms with Crippen LogP contribution in [-0.2, 0) is 0 Å². The Balaban J connectivity index is 1.69. The minimum atomic E-state index is -0.207. The van der Waals surface area contributed by atoms with E-state index in [4.69, 9.17) is 0 Å². The first-order valence-electron chi connectivity index (χ1n) is 9.68. The van der Waals surface area contributed by atoms with Gasteiger partial charge in [0.1, 0.15) is 0 Å². The molecule has 0 radical (unpaired) electrons. The summed E-state index contributed by atoms with van der Waals surface area (Å²) >= 11 is 0. The SMILES string of the molecule is CCN(CC)c1ccc(NC(=O)c2cccc(C(=O)N3CCCC3)c2)cc1. The summed E-state index contributed by atoms with van der Waals surface area (Å²) in [6.45, 7) is 7.73. The Labute approximate surface area is 161 Å². The van der Waals surface area contributed by atoms with Crippen LogP contribution in [0.1, 0.15) is 47.4 Å². The minimum absolute atomic E-state index is 0.00530. The third kappa shape index (κ3) is 4.48. The molecule has 0 aliphatic carbocycles. The second-order valence-corrected chi connectivity index (χ2v) is 6.75. The van der Waals surface area contributed by atoms with Crippen LogP contribution < -0.4 is 10.2 Å². The van der Waals surface area contributed by atoms with Crippen molar-refractivity contribution >= 4 is 23.2 Å². The lowest BCUT2D eigenvalue weighted by Crippen LogP contribution is -2.27. The Kier molecular flexibility index (Phi) is 6.12. The quantitative estimate of drug-likeness (QED) is 0.841. The molecular weight excluding hydrogens is 338 g/mol. The Morgan fingerprint density at radius 1 is 0.963 bits per heavy atom. The van der Waals surface area contributed by atoms with E-state index in [2.05, 4.69) is 24.1 Å². The van der Waals surface area contributed by atoms with Crippen molar-refractivity contribution in [1.82, 2.24) is 4.90 Å². The average Bonchev–Trinajstić information content (AvgIpc) is 3.24. The van der Waals surface area contributed by atoms with E-state index in [0.29, 0.717) is 11.1 Å². The molecule has 2 amide bonds. The number of rotatable bonds is 6. The summed E-state index contributed by atoms with van der Waals surface area (Å²) in [7, 11) is 0. The normalized spacial score (nSPS) is 13.5. The number of amides is 2. The molecule has 1 aliphatic rings. The summed E-state index contributed by atoms with van der Waals surface area (Å²) in [5.74, 6) is -0.201. The fraction of sp³-hybridized carbons (Fsp3) is 0.364. The molecule has 1 aliphatic heterocycles. The fourth-order valence-corrected chi connectivity index (χ4v) is 3.44. The maximum Gasteiger partial charge on any atom is 0.255 e. The predicted octanol–water partition coefficient (Wildman–Crippen LogP) is 4.02. The Bertz CT molecular complexity index is 791. The molecule has 2 aromatic rings. The monoisotopic (exact) mass is 365 g/mol. The largest absolute Gasteiger partial charge is 0.372 e. The van der Waals surface area contributed by atoms with Crippen molar-refractivity contribution in [1.29, 1.82) is 0 Å². The smallest absolute Gasteiger partial charge is 0.255 e. The molecule has 0 saturated carbocycles.